The molecule has 0 aromatic heterocycles. The highest BCUT2D eigenvalue weighted by molar-refractivity contribution is 8.19. The highest BCUT2D eigenvalue weighted by atomic mass is 32.4. The van der Waals surface area contributed by atoms with Crippen molar-refractivity contribution in [3.8, 4) is 0 Å². The lowest BCUT2D eigenvalue weighted by molar-refractivity contribution is -0.137. The van der Waals surface area contributed by atoms with Crippen molar-refractivity contribution in [3.05, 3.63) is 12.7 Å². The predicted octanol–water partition coefficient (Wildman–Crippen LogP) is 0.119. The minimum absolute atomic E-state index is 0.321. The van der Waals surface area contributed by atoms with Gasteiger partial charge in [-0.15, -0.1) is 0 Å². The van der Waals surface area contributed by atoms with Crippen molar-refractivity contribution in [3.63, 3.8) is 0 Å². The van der Waals surface area contributed by atoms with Crippen molar-refractivity contribution >= 4 is 26.6 Å². The molecule has 0 aliphatic rings. The normalized spacial score (nSPS) is 9.20. The molecule has 0 N–H and O–H groups in total. The van der Waals surface area contributed by atoms with Gasteiger partial charge in [0.1, 0.15) is 0 Å². The Morgan fingerprint density at radius 1 is 1.80 bits per heavy atom. The SMILES string of the molecule is C=CC(=O)OCCCS[SiH3]. The topological polar surface area (TPSA) is 26.3 Å². The van der Waals surface area contributed by atoms with Crippen LogP contribution in [0.25, 0.3) is 0 Å². The standard InChI is InChI=1S/C6H12O2SSi/c1-2-6(7)8-4-3-5-9-10/h2H,1,3-5H2,10H3. The van der Waals surface area contributed by atoms with Crippen LogP contribution in [0.4, 0.5) is 0 Å². The van der Waals surface area contributed by atoms with Crippen molar-refractivity contribution in [1.29, 1.82) is 0 Å². The maximum Gasteiger partial charge on any atom is 0.330 e. The van der Waals surface area contributed by atoms with Crippen molar-refractivity contribution in [2.24, 2.45) is 0 Å². The first-order valence-electron chi connectivity index (χ1n) is 3.09. The van der Waals surface area contributed by atoms with E-state index in [4.69, 9.17) is 4.74 Å². The van der Waals surface area contributed by atoms with Crippen LogP contribution in [0.3, 0.4) is 0 Å². The van der Waals surface area contributed by atoms with Gasteiger partial charge in [0.2, 0.25) is 0 Å². The highest BCUT2D eigenvalue weighted by Crippen LogP contribution is 1.94. The minimum atomic E-state index is -0.321. The van der Waals surface area contributed by atoms with Gasteiger partial charge in [-0.05, 0) is 12.2 Å². The summed E-state index contributed by atoms with van der Waals surface area (Å²) in [5.74, 6) is 0.773. The smallest absolute Gasteiger partial charge is 0.330 e. The predicted molar refractivity (Wildman–Crippen MR) is 48.2 cm³/mol. The summed E-state index contributed by atoms with van der Waals surface area (Å²) in [7, 11) is 1.16. The summed E-state index contributed by atoms with van der Waals surface area (Å²) >= 11 is 1.88. The molecule has 0 aromatic rings. The summed E-state index contributed by atoms with van der Waals surface area (Å²) in [6.45, 7) is 3.81. The molecule has 0 heterocycles. The monoisotopic (exact) mass is 176 g/mol. The molecule has 10 heavy (non-hydrogen) atoms. The average molecular weight is 176 g/mol. The lowest BCUT2D eigenvalue weighted by Gasteiger charge is -1.98. The van der Waals surface area contributed by atoms with Crippen LogP contribution in [0.5, 0.6) is 0 Å². The Morgan fingerprint density at radius 2 is 2.50 bits per heavy atom. The van der Waals surface area contributed by atoms with Gasteiger partial charge in [0.15, 0.2) is 0 Å². The maximum atomic E-state index is 10.4. The Balaban J connectivity index is 3.03. The number of hydrogen-bond donors (Lipinski definition) is 0. The molecule has 0 unspecified atom stereocenters. The van der Waals surface area contributed by atoms with Crippen LogP contribution >= 0.6 is 11.2 Å². The van der Waals surface area contributed by atoms with E-state index in [0.29, 0.717) is 6.61 Å². The number of esters is 1. The zero-order valence-corrected chi connectivity index (χ0v) is 8.95. The van der Waals surface area contributed by atoms with E-state index in [9.17, 15) is 4.79 Å². The molecule has 2 nitrogen and oxygen atoms in total. The number of rotatable bonds is 5. The van der Waals surface area contributed by atoms with Crippen molar-refractivity contribution in [2.75, 3.05) is 12.4 Å². The second-order valence-electron chi connectivity index (χ2n) is 1.72. The molecule has 0 saturated heterocycles. The van der Waals surface area contributed by atoms with Gasteiger partial charge in [0.25, 0.3) is 0 Å². The molecule has 0 saturated carbocycles. The van der Waals surface area contributed by atoms with Crippen LogP contribution in [0.1, 0.15) is 6.42 Å². The molecule has 0 rings (SSSR count). The van der Waals surface area contributed by atoms with E-state index in [1.807, 2.05) is 11.2 Å². The summed E-state index contributed by atoms with van der Waals surface area (Å²) in [4.78, 5) is 10.4. The molecule has 4 heteroatoms. The van der Waals surface area contributed by atoms with E-state index in [0.717, 1.165) is 21.6 Å². The van der Waals surface area contributed by atoms with E-state index in [-0.39, 0.29) is 5.97 Å². The van der Waals surface area contributed by atoms with Crippen LogP contribution in [-0.4, -0.2) is 27.7 Å². The van der Waals surface area contributed by atoms with Crippen molar-refractivity contribution in [2.45, 2.75) is 6.42 Å². The molecule has 0 radical (unpaired) electrons. The van der Waals surface area contributed by atoms with E-state index in [2.05, 4.69) is 6.58 Å². The second-order valence-corrected chi connectivity index (χ2v) is 4.44. The summed E-state index contributed by atoms with van der Waals surface area (Å²) in [6, 6.07) is 0. The first kappa shape index (κ1) is 9.78. The summed E-state index contributed by atoms with van der Waals surface area (Å²) in [5.41, 5.74) is 0. The fourth-order valence-electron chi connectivity index (χ4n) is 0.435. The minimum Gasteiger partial charge on any atom is -0.463 e. The van der Waals surface area contributed by atoms with Crippen LogP contribution in [-0.2, 0) is 9.53 Å². The van der Waals surface area contributed by atoms with Crippen LogP contribution < -0.4 is 0 Å². The highest BCUT2D eigenvalue weighted by Gasteiger charge is 1.92. The lowest BCUT2D eigenvalue weighted by atomic mass is 10.5. The lowest BCUT2D eigenvalue weighted by Crippen LogP contribution is -2.02. The molecule has 0 fully saturated rings. The second kappa shape index (κ2) is 6.89. The number of hydrogen-bond acceptors (Lipinski definition) is 3. The number of ether oxygens (including phenoxy) is 1. The zero-order chi connectivity index (χ0) is 7.82. The van der Waals surface area contributed by atoms with Crippen LogP contribution in [0.2, 0.25) is 0 Å². The first-order chi connectivity index (χ1) is 4.81. The van der Waals surface area contributed by atoms with E-state index >= 15 is 0 Å². The fraction of sp³-hybridized carbons (Fsp3) is 0.500. The van der Waals surface area contributed by atoms with E-state index in [1.165, 1.54) is 6.08 Å². The largest absolute Gasteiger partial charge is 0.463 e. The Morgan fingerprint density at radius 3 is 3.00 bits per heavy atom. The van der Waals surface area contributed by atoms with Crippen LogP contribution in [0, 0.1) is 0 Å². The number of carbonyl (C=O) groups is 1. The zero-order valence-electron chi connectivity index (χ0n) is 6.13. The van der Waals surface area contributed by atoms with Gasteiger partial charge in [0.05, 0.1) is 16.0 Å². The van der Waals surface area contributed by atoms with Gasteiger partial charge in [-0.1, -0.05) is 6.58 Å². The van der Waals surface area contributed by atoms with Gasteiger partial charge in [-0.3, -0.25) is 0 Å². The van der Waals surface area contributed by atoms with Gasteiger partial charge in [0, 0.05) is 6.08 Å². The maximum absolute atomic E-state index is 10.4. The Labute approximate surface area is 68.1 Å². The van der Waals surface area contributed by atoms with Crippen molar-refractivity contribution in [1.82, 2.24) is 0 Å². The molecule has 0 aliphatic carbocycles. The molecule has 0 aromatic carbocycles. The van der Waals surface area contributed by atoms with Gasteiger partial charge in [-0.25, -0.2) is 4.79 Å². The van der Waals surface area contributed by atoms with Gasteiger partial charge in [-0.2, -0.15) is 11.2 Å². The molecule has 0 atom stereocenters. The van der Waals surface area contributed by atoms with E-state index in [1.54, 1.807) is 0 Å². The molecular weight excluding hydrogens is 164 g/mol. The molecule has 58 valence electrons. The Hall–Kier alpha value is -0.223. The van der Waals surface area contributed by atoms with E-state index < -0.39 is 0 Å². The Bertz CT molecular complexity index is 116. The van der Waals surface area contributed by atoms with Gasteiger partial charge < -0.3 is 4.74 Å². The quantitative estimate of drug-likeness (QED) is 0.258. The fourth-order valence-corrected chi connectivity index (χ4v) is 1.71. The van der Waals surface area contributed by atoms with Crippen molar-refractivity contribution < 1.29 is 9.53 Å². The Kier molecular flexibility index (Phi) is 6.74. The third kappa shape index (κ3) is 5.91. The molecule has 0 spiro atoms. The molecule has 0 amide bonds. The third-order valence-corrected chi connectivity index (χ3v) is 2.83. The molecular formula is C6H12O2SSi. The van der Waals surface area contributed by atoms with Crippen LogP contribution in [0.15, 0.2) is 12.7 Å². The molecule has 0 aliphatic heterocycles. The average Bonchev–Trinajstić information content (AvgIpc) is 1.98. The summed E-state index contributed by atoms with van der Waals surface area (Å²) in [6.07, 6.45) is 2.14. The third-order valence-electron chi connectivity index (χ3n) is 0.904. The summed E-state index contributed by atoms with van der Waals surface area (Å²) in [5, 5.41) is 0. The molecule has 0 bridgehead atoms. The summed E-state index contributed by atoms with van der Waals surface area (Å²) < 4.78 is 4.74. The first-order valence-corrected chi connectivity index (χ1v) is 6.93. The number of carbonyl (C=O) groups excluding carboxylic acids is 1. The van der Waals surface area contributed by atoms with Gasteiger partial charge >= 0.3 is 5.97 Å².